The Kier molecular flexibility index (Phi) is 5.04. The molecule has 0 unspecified atom stereocenters. The molecule has 1 aliphatic carbocycles. The molecule has 144 valence electrons. The number of amides is 1. The van der Waals surface area contributed by atoms with Crippen molar-refractivity contribution in [2.24, 2.45) is 5.92 Å². The predicted octanol–water partition coefficient (Wildman–Crippen LogP) is 3.05. The van der Waals surface area contributed by atoms with Crippen molar-refractivity contribution in [3.8, 4) is 5.69 Å². The summed E-state index contributed by atoms with van der Waals surface area (Å²) in [6.45, 7) is 6.96. The summed E-state index contributed by atoms with van der Waals surface area (Å²) in [7, 11) is 2.00. The van der Waals surface area contributed by atoms with Crippen LogP contribution in [0.15, 0.2) is 18.2 Å². The molecular formula is C22H30N4O. The van der Waals surface area contributed by atoms with Crippen LogP contribution in [0.4, 0.5) is 0 Å². The number of benzene rings is 1. The van der Waals surface area contributed by atoms with E-state index in [1.54, 1.807) is 0 Å². The van der Waals surface area contributed by atoms with Gasteiger partial charge in [-0.3, -0.25) is 4.79 Å². The van der Waals surface area contributed by atoms with E-state index in [1.807, 2.05) is 16.6 Å². The Morgan fingerprint density at radius 3 is 2.70 bits per heavy atom. The standard InChI is InChI=1S/C22H30N4O/c1-15-7-8-19(16(2)13-15)26-20-6-4-5-18(20)21(24-26)22(27)25-11-9-17(10-12-25)14-23-3/h7-8,13,17,23H,4-6,9-12,14H2,1-3H3. The van der Waals surface area contributed by atoms with Crippen LogP contribution in [0.1, 0.15) is 52.1 Å². The Morgan fingerprint density at radius 2 is 2.00 bits per heavy atom. The smallest absolute Gasteiger partial charge is 0.274 e. The lowest BCUT2D eigenvalue weighted by Crippen LogP contribution is -2.40. The minimum Gasteiger partial charge on any atom is -0.337 e. The van der Waals surface area contributed by atoms with Crippen LogP contribution >= 0.6 is 0 Å². The number of fused-ring (bicyclic) bond motifs is 1. The molecular weight excluding hydrogens is 336 g/mol. The summed E-state index contributed by atoms with van der Waals surface area (Å²) in [6.07, 6.45) is 5.24. The van der Waals surface area contributed by atoms with Gasteiger partial charge in [0, 0.05) is 24.3 Å². The Labute approximate surface area is 161 Å². The second-order valence-electron chi connectivity index (χ2n) is 8.12. The average Bonchev–Trinajstić information content (AvgIpc) is 3.25. The topological polar surface area (TPSA) is 50.2 Å². The van der Waals surface area contributed by atoms with E-state index in [0.717, 1.165) is 57.4 Å². The lowest BCUT2D eigenvalue weighted by Gasteiger charge is -2.31. The van der Waals surface area contributed by atoms with Crippen molar-refractivity contribution in [2.45, 2.75) is 46.0 Å². The molecule has 2 aromatic rings. The number of piperidine rings is 1. The summed E-state index contributed by atoms with van der Waals surface area (Å²) in [5.74, 6) is 0.803. The quantitative estimate of drug-likeness (QED) is 0.905. The van der Waals surface area contributed by atoms with Crippen molar-refractivity contribution in [3.05, 3.63) is 46.3 Å². The minimum absolute atomic E-state index is 0.125. The predicted molar refractivity (Wildman–Crippen MR) is 108 cm³/mol. The number of hydrogen-bond donors (Lipinski definition) is 1. The Morgan fingerprint density at radius 1 is 1.22 bits per heavy atom. The summed E-state index contributed by atoms with van der Waals surface area (Å²) in [4.78, 5) is 15.3. The third-order valence-electron chi connectivity index (χ3n) is 6.11. The van der Waals surface area contributed by atoms with Gasteiger partial charge < -0.3 is 10.2 Å². The van der Waals surface area contributed by atoms with Gasteiger partial charge in [0.1, 0.15) is 0 Å². The van der Waals surface area contributed by atoms with Gasteiger partial charge in [-0.15, -0.1) is 0 Å². The van der Waals surface area contributed by atoms with Gasteiger partial charge in [0.25, 0.3) is 5.91 Å². The summed E-state index contributed by atoms with van der Waals surface area (Å²) < 4.78 is 2.04. The van der Waals surface area contributed by atoms with Crippen LogP contribution in [0.2, 0.25) is 0 Å². The van der Waals surface area contributed by atoms with Crippen LogP contribution in [-0.2, 0) is 12.8 Å². The van der Waals surface area contributed by atoms with E-state index >= 15 is 0 Å². The molecule has 2 heterocycles. The second-order valence-corrected chi connectivity index (χ2v) is 8.12. The van der Waals surface area contributed by atoms with E-state index in [-0.39, 0.29) is 5.91 Å². The van der Waals surface area contributed by atoms with E-state index < -0.39 is 0 Å². The molecule has 1 amide bonds. The highest BCUT2D eigenvalue weighted by molar-refractivity contribution is 5.94. The van der Waals surface area contributed by atoms with Crippen molar-refractivity contribution in [2.75, 3.05) is 26.7 Å². The maximum atomic E-state index is 13.2. The zero-order valence-electron chi connectivity index (χ0n) is 16.7. The van der Waals surface area contributed by atoms with Gasteiger partial charge in [-0.05, 0) is 77.1 Å². The summed E-state index contributed by atoms with van der Waals surface area (Å²) in [5.41, 5.74) is 6.66. The van der Waals surface area contributed by atoms with Crippen molar-refractivity contribution in [1.29, 1.82) is 0 Å². The number of rotatable bonds is 4. The van der Waals surface area contributed by atoms with Gasteiger partial charge in [-0.2, -0.15) is 5.10 Å². The van der Waals surface area contributed by atoms with E-state index in [2.05, 4.69) is 37.4 Å². The molecule has 1 fully saturated rings. The molecule has 0 saturated carbocycles. The van der Waals surface area contributed by atoms with Gasteiger partial charge in [0.15, 0.2) is 5.69 Å². The van der Waals surface area contributed by atoms with Crippen molar-refractivity contribution in [3.63, 3.8) is 0 Å². The molecule has 2 aliphatic rings. The molecule has 1 saturated heterocycles. The molecule has 5 nitrogen and oxygen atoms in total. The van der Waals surface area contributed by atoms with Crippen molar-refractivity contribution in [1.82, 2.24) is 20.0 Å². The SMILES string of the molecule is CNCC1CCN(C(=O)c2nn(-c3ccc(C)cc3C)c3c2CCC3)CC1. The third-order valence-corrected chi connectivity index (χ3v) is 6.11. The number of nitrogens with zero attached hydrogens (tertiary/aromatic N) is 3. The zero-order chi connectivity index (χ0) is 19.0. The number of nitrogens with one attached hydrogen (secondary N) is 1. The van der Waals surface area contributed by atoms with E-state index in [4.69, 9.17) is 5.10 Å². The molecule has 1 aromatic carbocycles. The van der Waals surface area contributed by atoms with Crippen LogP contribution in [0.5, 0.6) is 0 Å². The van der Waals surface area contributed by atoms with Gasteiger partial charge in [0.05, 0.1) is 5.69 Å². The maximum absolute atomic E-state index is 13.2. The van der Waals surface area contributed by atoms with Crippen LogP contribution in [-0.4, -0.2) is 47.3 Å². The second kappa shape index (κ2) is 7.47. The fourth-order valence-corrected chi connectivity index (χ4v) is 4.63. The molecule has 0 bridgehead atoms. The van der Waals surface area contributed by atoms with Crippen molar-refractivity contribution < 1.29 is 4.79 Å². The number of carbonyl (C=O) groups is 1. The number of likely N-dealkylation sites (tertiary alicyclic amines) is 1. The molecule has 1 aliphatic heterocycles. The lowest BCUT2D eigenvalue weighted by molar-refractivity contribution is 0.0683. The van der Waals surface area contributed by atoms with E-state index in [1.165, 1.54) is 22.4 Å². The first-order valence-corrected chi connectivity index (χ1v) is 10.2. The third kappa shape index (κ3) is 3.41. The molecule has 0 radical (unpaired) electrons. The monoisotopic (exact) mass is 366 g/mol. The number of aryl methyl sites for hydroxylation is 2. The normalized spacial score (nSPS) is 17.4. The highest BCUT2D eigenvalue weighted by Crippen LogP contribution is 2.30. The highest BCUT2D eigenvalue weighted by Gasteiger charge is 2.31. The van der Waals surface area contributed by atoms with Gasteiger partial charge in [0.2, 0.25) is 0 Å². The van der Waals surface area contributed by atoms with Crippen LogP contribution in [0.3, 0.4) is 0 Å². The van der Waals surface area contributed by atoms with Crippen molar-refractivity contribution >= 4 is 5.91 Å². The van der Waals surface area contributed by atoms with Gasteiger partial charge in [-0.25, -0.2) is 4.68 Å². The molecule has 0 atom stereocenters. The minimum atomic E-state index is 0.125. The first kappa shape index (κ1) is 18.2. The first-order chi connectivity index (χ1) is 13.1. The highest BCUT2D eigenvalue weighted by atomic mass is 16.2. The fraction of sp³-hybridized carbons (Fsp3) is 0.545. The Balaban J connectivity index is 1.62. The van der Waals surface area contributed by atoms with Crippen LogP contribution < -0.4 is 5.32 Å². The maximum Gasteiger partial charge on any atom is 0.274 e. The van der Waals surface area contributed by atoms with Gasteiger partial charge in [-0.1, -0.05) is 17.7 Å². The van der Waals surface area contributed by atoms with Crippen LogP contribution in [0, 0.1) is 19.8 Å². The van der Waals surface area contributed by atoms with E-state index in [9.17, 15) is 4.79 Å². The summed E-state index contributed by atoms with van der Waals surface area (Å²) in [5, 5.41) is 8.09. The molecule has 5 heteroatoms. The first-order valence-electron chi connectivity index (χ1n) is 10.2. The Bertz CT molecular complexity index is 846. The number of hydrogen-bond acceptors (Lipinski definition) is 3. The molecule has 1 aromatic heterocycles. The zero-order valence-corrected chi connectivity index (χ0v) is 16.7. The molecule has 1 N–H and O–H groups in total. The summed E-state index contributed by atoms with van der Waals surface area (Å²) >= 11 is 0. The molecule has 27 heavy (non-hydrogen) atoms. The number of aromatic nitrogens is 2. The molecule has 0 spiro atoms. The largest absolute Gasteiger partial charge is 0.337 e. The molecule has 4 rings (SSSR count). The summed E-state index contributed by atoms with van der Waals surface area (Å²) in [6, 6.07) is 6.44. The number of carbonyl (C=O) groups excluding carboxylic acids is 1. The lowest BCUT2D eigenvalue weighted by atomic mass is 9.96. The van der Waals surface area contributed by atoms with Crippen LogP contribution in [0.25, 0.3) is 5.69 Å². The fourth-order valence-electron chi connectivity index (χ4n) is 4.63. The average molecular weight is 367 g/mol. The van der Waals surface area contributed by atoms with E-state index in [0.29, 0.717) is 11.6 Å². The van der Waals surface area contributed by atoms with Gasteiger partial charge >= 0.3 is 0 Å². The Hall–Kier alpha value is -2.14.